The molecule has 0 rings (SSSR count). The summed E-state index contributed by atoms with van der Waals surface area (Å²) in [5.74, 6) is 0. The van der Waals surface area contributed by atoms with Crippen molar-refractivity contribution in [3.05, 3.63) is 6.66 Å². The fourth-order valence-electron chi connectivity index (χ4n) is 0.625. The van der Waals surface area contributed by atoms with Crippen LogP contribution in [0.1, 0.15) is 0 Å². The van der Waals surface area contributed by atoms with Gasteiger partial charge in [0.05, 0.1) is 0 Å². The summed E-state index contributed by atoms with van der Waals surface area (Å²) in [7, 11) is 0.173. The zero-order chi connectivity index (χ0) is 6.78. The van der Waals surface area contributed by atoms with Gasteiger partial charge in [0.1, 0.15) is 0 Å². The summed E-state index contributed by atoms with van der Waals surface area (Å²) < 4.78 is 0. The Balaban J connectivity index is 0. The molecule has 0 amide bonds. The quantitative estimate of drug-likeness (QED) is 0.274. The van der Waals surface area contributed by atoms with Crippen LogP contribution in [0.5, 0.6) is 0 Å². The normalized spacial score (nSPS) is 10.9. The van der Waals surface area contributed by atoms with Crippen LogP contribution in [0.4, 0.5) is 0 Å². The van der Waals surface area contributed by atoms with Crippen molar-refractivity contribution in [1.82, 2.24) is 0 Å². The van der Waals surface area contributed by atoms with Gasteiger partial charge in [-0.05, 0) is 13.3 Å². The molecule has 0 saturated heterocycles. The van der Waals surface area contributed by atoms with Gasteiger partial charge in [0, 0.05) is 0 Å². The molecule has 0 spiro atoms. The van der Waals surface area contributed by atoms with Crippen LogP contribution in [0.3, 0.4) is 0 Å². The molecule has 50 valence electrons. The summed E-state index contributed by atoms with van der Waals surface area (Å²) in [5, 5.41) is 0. The molecule has 0 aromatic rings. The molecule has 0 nitrogen and oxygen atoms in total. The molecule has 9 heavy (non-hydrogen) atoms. The average Bonchev–Trinajstić information content (AvgIpc) is 1.21. The van der Waals surface area contributed by atoms with Gasteiger partial charge in [0.25, 0.3) is 0 Å². The van der Waals surface area contributed by atoms with Gasteiger partial charge in [-0.25, -0.2) is 6.89 Å². The van der Waals surface area contributed by atoms with Gasteiger partial charge in [-0.2, -0.15) is 0 Å². The molecule has 0 unspecified atom stereocenters. The number of hydrogen-bond acceptors (Lipinski definition) is 0. The Morgan fingerprint density at radius 2 is 1.67 bits per heavy atom. The van der Waals surface area contributed by atoms with Gasteiger partial charge < -0.3 is 6.66 Å². The second-order valence-corrected chi connectivity index (χ2v) is 9.27. The molecule has 0 bridgehead atoms. The third kappa shape index (κ3) is 12.5. The van der Waals surface area contributed by atoms with Gasteiger partial charge in [0.2, 0.25) is 0 Å². The van der Waals surface area contributed by atoms with Crippen LogP contribution in [0.25, 0.3) is 0 Å². The Bertz CT molecular complexity index is 104. The minimum absolute atomic E-state index is 0. The topological polar surface area (TPSA) is 0 Å². The minimum atomic E-state index is -0.818. The van der Waals surface area contributed by atoms with Crippen LogP contribution in [-0.4, -0.2) is 32.2 Å². The van der Waals surface area contributed by atoms with E-state index >= 15 is 0 Å². The summed E-state index contributed by atoms with van der Waals surface area (Å²) >= 11 is 0. The summed E-state index contributed by atoms with van der Waals surface area (Å²) in [4.78, 5) is 0. The van der Waals surface area contributed by atoms with E-state index in [1.54, 1.807) is 0 Å². The summed E-state index contributed by atoms with van der Waals surface area (Å²) in [6, 6.07) is 0. The first-order valence-corrected chi connectivity index (χ1v) is 7.86. The Hall–Kier alpha value is 1.33. The first kappa shape index (κ1) is 13.0. The van der Waals surface area contributed by atoms with Gasteiger partial charge in [-0.1, -0.05) is 26.8 Å². The maximum Gasteiger partial charge on any atom is 1.00 e. The van der Waals surface area contributed by atoms with E-state index < -0.39 is 6.89 Å². The van der Waals surface area contributed by atoms with Crippen molar-refractivity contribution in [1.29, 1.82) is 0 Å². The molecule has 0 saturated carbocycles. The minimum Gasteiger partial charge on any atom is -0.315 e. The summed E-state index contributed by atoms with van der Waals surface area (Å²) in [6.07, 6.45) is 0. The van der Waals surface area contributed by atoms with Crippen molar-refractivity contribution >= 4 is 20.3 Å². The van der Waals surface area contributed by atoms with E-state index in [2.05, 4.69) is 38.9 Å². The van der Waals surface area contributed by atoms with Gasteiger partial charge >= 0.3 is 18.9 Å². The first-order valence-electron chi connectivity index (χ1n) is 2.62. The molecule has 0 atom stereocenters. The Labute approximate surface area is 72.7 Å². The van der Waals surface area contributed by atoms with E-state index in [-0.39, 0.29) is 26.8 Å². The van der Waals surface area contributed by atoms with Gasteiger partial charge in [0.15, 0.2) is 0 Å². The fraction of sp³-hybridized carbons (Fsp3) is 0.667. The van der Waals surface area contributed by atoms with Crippen molar-refractivity contribution < 1.29 is 18.9 Å². The van der Waals surface area contributed by atoms with Gasteiger partial charge in [-0.15, -0.1) is 0 Å². The largest absolute Gasteiger partial charge is 1.00 e. The molecule has 0 N–H and O–H groups in total. The molecule has 3 heteroatoms. The van der Waals surface area contributed by atoms with E-state index in [9.17, 15) is 0 Å². The Kier molecular flexibility index (Phi) is 7.26. The van der Waals surface area contributed by atoms with Gasteiger partial charge in [-0.3, -0.25) is 0 Å². The monoisotopic (exact) mass is 156 g/mol. The molecular formula is C6H15LiP2. The van der Waals surface area contributed by atoms with E-state index in [0.717, 1.165) is 0 Å². The van der Waals surface area contributed by atoms with Crippen molar-refractivity contribution in [3.8, 4) is 0 Å². The number of hydrogen-bond donors (Lipinski definition) is 0. The molecule has 0 aliphatic rings. The second-order valence-electron chi connectivity index (χ2n) is 2.86. The molecule has 0 heterocycles. The van der Waals surface area contributed by atoms with E-state index in [1.807, 2.05) is 0 Å². The third-order valence-electron chi connectivity index (χ3n) is 0.544. The van der Waals surface area contributed by atoms with Crippen molar-refractivity contribution in [2.45, 2.75) is 0 Å². The standard InChI is InChI=1S/C6H15P2.Li/c1-7(2)6-8(3,4)5;/h6H,3H2,1-2,4-5H3;/q-1;+1. The van der Waals surface area contributed by atoms with Crippen LogP contribution in [0.15, 0.2) is 0 Å². The van der Waals surface area contributed by atoms with Crippen LogP contribution < -0.4 is 18.9 Å². The third-order valence-corrected chi connectivity index (χ3v) is 4.89. The second kappa shape index (κ2) is 5.04. The predicted octanol–water partition coefficient (Wildman–Crippen LogP) is -0.440. The molecule has 0 aliphatic heterocycles. The maximum absolute atomic E-state index is 4.08. The van der Waals surface area contributed by atoms with Crippen molar-refractivity contribution in [2.75, 3.05) is 26.7 Å². The van der Waals surface area contributed by atoms with Crippen molar-refractivity contribution in [2.24, 2.45) is 0 Å². The van der Waals surface area contributed by atoms with Crippen molar-refractivity contribution in [3.63, 3.8) is 0 Å². The number of rotatable bonds is 1. The average molecular weight is 156 g/mol. The van der Waals surface area contributed by atoms with E-state index in [0.29, 0.717) is 0 Å². The maximum atomic E-state index is 4.08. The fourth-order valence-corrected chi connectivity index (χ4v) is 5.63. The molecule has 0 aromatic heterocycles. The zero-order valence-electron chi connectivity index (χ0n) is 7.18. The van der Waals surface area contributed by atoms with E-state index in [4.69, 9.17) is 0 Å². The molecular weight excluding hydrogens is 141 g/mol. The zero-order valence-corrected chi connectivity index (χ0v) is 8.97. The Morgan fingerprint density at radius 3 is 1.67 bits per heavy atom. The molecule has 0 aliphatic carbocycles. The smallest absolute Gasteiger partial charge is 0.315 e. The van der Waals surface area contributed by atoms with Crippen LogP contribution in [0, 0.1) is 6.66 Å². The first-order chi connectivity index (χ1) is 3.42. The molecule has 0 radical (unpaired) electrons. The Morgan fingerprint density at radius 1 is 1.33 bits per heavy atom. The molecule has 0 fully saturated rings. The van der Waals surface area contributed by atoms with E-state index in [1.165, 1.54) is 0 Å². The van der Waals surface area contributed by atoms with Crippen LogP contribution in [0.2, 0.25) is 0 Å². The predicted molar refractivity (Wildman–Crippen MR) is 49.0 cm³/mol. The van der Waals surface area contributed by atoms with Crippen LogP contribution >= 0.6 is 14.8 Å². The SMILES string of the molecule is [CH2-]P(C)(C)=CP(C)C.[Li+]. The molecule has 0 aromatic carbocycles. The summed E-state index contributed by atoms with van der Waals surface area (Å²) in [6.45, 7) is 12.3. The van der Waals surface area contributed by atoms with Crippen LogP contribution in [-0.2, 0) is 0 Å². The summed E-state index contributed by atoms with van der Waals surface area (Å²) in [5.41, 5.74) is 2.42.